The Morgan fingerprint density at radius 2 is 1.44 bits per heavy atom. The average Bonchev–Trinajstić information content (AvgIpc) is 3.13. The fraction of sp³-hybridized carbons (Fsp3) is 0.286. The van der Waals surface area contributed by atoms with E-state index >= 15 is 0 Å². The van der Waals surface area contributed by atoms with Gasteiger partial charge in [-0.1, -0.05) is 76.3 Å². The molecule has 0 radical (unpaired) electrons. The third kappa shape index (κ3) is 6.53. The molecule has 10 nitrogen and oxygen atoms in total. The second kappa shape index (κ2) is 11.4. The van der Waals surface area contributed by atoms with Gasteiger partial charge in [-0.05, 0) is 29.8 Å². The molecule has 1 aliphatic heterocycles. The second-order valence-electron chi connectivity index (χ2n) is 6.87. The highest BCUT2D eigenvalue weighted by molar-refractivity contribution is 6.76. The van der Waals surface area contributed by atoms with E-state index in [1.54, 1.807) is 36.4 Å². The van der Waals surface area contributed by atoms with E-state index in [0.717, 1.165) is 0 Å². The van der Waals surface area contributed by atoms with Gasteiger partial charge in [-0.15, -0.1) is 0 Å². The molecule has 1 unspecified atom stereocenters. The van der Waals surface area contributed by atoms with Crippen LogP contribution in [0.15, 0.2) is 65.8 Å². The first-order chi connectivity index (χ1) is 16.2. The van der Waals surface area contributed by atoms with Gasteiger partial charge in [0.2, 0.25) is 18.3 Å². The molecular formula is C21H17Cl3N4O6. The molecule has 0 aromatic heterocycles. The summed E-state index contributed by atoms with van der Waals surface area (Å²) >= 11 is 17.1. The van der Waals surface area contributed by atoms with Crippen molar-refractivity contribution in [2.75, 3.05) is 6.54 Å². The lowest BCUT2D eigenvalue weighted by molar-refractivity contribution is -0.120. The number of azide groups is 1. The monoisotopic (exact) mass is 526 g/mol. The number of alkyl halides is 3. The predicted molar refractivity (Wildman–Crippen MR) is 123 cm³/mol. The number of nitrogens with one attached hydrogen (secondary N) is 1. The second-order valence-corrected chi connectivity index (χ2v) is 9.15. The van der Waals surface area contributed by atoms with Crippen molar-refractivity contribution in [3.63, 3.8) is 0 Å². The van der Waals surface area contributed by atoms with Crippen LogP contribution in [-0.4, -0.2) is 52.8 Å². The van der Waals surface area contributed by atoms with E-state index in [2.05, 4.69) is 10.0 Å². The highest BCUT2D eigenvalue weighted by Gasteiger charge is 2.52. The fourth-order valence-corrected chi connectivity index (χ4v) is 3.17. The number of halogens is 3. The van der Waals surface area contributed by atoms with Crippen LogP contribution in [-0.2, 0) is 18.9 Å². The molecule has 13 heteroatoms. The molecule has 34 heavy (non-hydrogen) atoms. The first-order valence-corrected chi connectivity index (χ1v) is 10.8. The van der Waals surface area contributed by atoms with Crippen molar-refractivity contribution in [1.29, 1.82) is 5.41 Å². The average molecular weight is 528 g/mol. The van der Waals surface area contributed by atoms with Crippen LogP contribution in [0.4, 0.5) is 0 Å². The third-order valence-corrected chi connectivity index (χ3v) is 5.10. The molecule has 0 amide bonds. The molecule has 1 saturated heterocycles. The number of benzene rings is 2. The molecule has 1 fully saturated rings. The number of hydrogen-bond acceptors (Lipinski definition) is 8. The lowest BCUT2D eigenvalue weighted by Gasteiger charge is -2.25. The summed E-state index contributed by atoms with van der Waals surface area (Å²) in [4.78, 5) is 28.2. The molecule has 1 aliphatic rings. The van der Waals surface area contributed by atoms with E-state index in [0.29, 0.717) is 0 Å². The largest absolute Gasteiger partial charge is 0.452 e. The minimum Gasteiger partial charge on any atom is -0.452 e. The van der Waals surface area contributed by atoms with Gasteiger partial charge in [0.05, 0.1) is 17.7 Å². The van der Waals surface area contributed by atoms with E-state index in [4.69, 9.17) is 64.7 Å². The molecular weight excluding hydrogens is 511 g/mol. The highest BCUT2D eigenvalue weighted by atomic mass is 35.6. The zero-order valence-corrected chi connectivity index (χ0v) is 19.5. The number of nitrogens with zero attached hydrogens (tertiary/aromatic N) is 3. The third-order valence-electron chi connectivity index (χ3n) is 4.59. The molecule has 1 N–H and O–H groups in total. The van der Waals surface area contributed by atoms with Crippen molar-refractivity contribution in [3.05, 3.63) is 82.2 Å². The smallest absolute Gasteiger partial charge is 0.338 e. The Kier molecular flexibility index (Phi) is 8.60. The van der Waals surface area contributed by atoms with Gasteiger partial charge in [0.1, 0.15) is 6.10 Å². The molecule has 4 atom stereocenters. The van der Waals surface area contributed by atoms with E-state index in [1.807, 2.05) is 0 Å². The van der Waals surface area contributed by atoms with Gasteiger partial charge in [0.15, 0.2) is 6.10 Å². The minimum atomic E-state index is -2.24. The van der Waals surface area contributed by atoms with E-state index in [1.165, 1.54) is 24.3 Å². The lowest BCUT2D eigenvalue weighted by Crippen LogP contribution is -2.43. The van der Waals surface area contributed by atoms with Crippen LogP contribution < -0.4 is 0 Å². The first-order valence-electron chi connectivity index (χ1n) is 9.71. The van der Waals surface area contributed by atoms with E-state index in [9.17, 15) is 9.59 Å². The molecule has 0 saturated carbocycles. The minimum absolute atomic E-state index is 0.198. The Bertz CT molecular complexity index is 1080. The Labute approximate surface area is 208 Å². The summed E-state index contributed by atoms with van der Waals surface area (Å²) in [6, 6.07) is 16.0. The van der Waals surface area contributed by atoms with Gasteiger partial charge < -0.3 is 18.9 Å². The van der Waals surface area contributed by atoms with Gasteiger partial charge >= 0.3 is 11.9 Å². The zero-order chi connectivity index (χ0) is 24.7. The van der Waals surface area contributed by atoms with Crippen molar-refractivity contribution in [2.45, 2.75) is 28.4 Å². The lowest BCUT2D eigenvalue weighted by atomic mass is 10.1. The molecule has 178 valence electrons. The van der Waals surface area contributed by atoms with Gasteiger partial charge in [0.25, 0.3) is 3.79 Å². The molecule has 2 aromatic rings. The summed E-state index contributed by atoms with van der Waals surface area (Å²) in [5, 5.41) is 11.3. The number of hydrogen-bond donors (Lipinski definition) is 1. The number of carbonyl (C=O) groups excluding carboxylic acids is 2. The topological polar surface area (TPSA) is 144 Å². The molecule has 0 spiro atoms. The van der Waals surface area contributed by atoms with Crippen LogP contribution >= 0.6 is 34.8 Å². The van der Waals surface area contributed by atoms with Crippen LogP contribution in [0.2, 0.25) is 0 Å². The number of carbonyl (C=O) groups is 2. The molecule has 0 bridgehead atoms. The summed E-state index contributed by atoms with van der Waals surface area (Å²) in [5.41, 5.74) is 9.16. The standard InChI is InChI=1S/C21H17Cl3N4O6/c22-21(23,24)20(25)34-19-16(33-18(30)13-9-5-2-6-10-13)15(14(31-19)11-27-28-26)32-17(29)12-7-3-1-4-8-12/h1-10,14-16,19,25H,11H2/t14-,15-,16?,19+/m1/s1. The van der Waals surface area contributed by atoms with E-state index < -0.39 is 46.2 Å². The fourth-order valence-electron chi connectivity index (χ4n) is 3.03. The number of rotatable bonds is 7. The normalized spacial score (nSPS) is 21.7. The van der Waals surface area contributed by atoms with Crippen LogP contribution in [0.5, 0.6) is 0 Å². The highest BCUT2D eigenvalue weighted by Crippen LogP contribution is 2.34. The maximum Gasteiger partial charge on any atom is 0.338 e. The van der Waals surface area contributed by atoms with Crippen molar-refractivity contribution >= 4 is 52.6 Å². The van der Waals surface area contributed by atoms with Crippen molar-refractivity contribution in [3.8, 4) is 0 Å². The number of ether oxygens (including phenoxy) is 4. The maximum absolute atomic E-state index is 12.8. The van der Waals surface area contributed by atoms with Crippen molar-refractivity contribution in [1.82, 2.24) is 0 Å². The van der Waals surface area contributed by atoms with Gasteiger partial charge in [-0.2, -0.15) is 0 Å². The summed E-state index contributed by atoms with van der Waals surface area (Å²) in [6.45, 7) is -0.302. The number of esters is 2. The first kappa shape index (κ1) is 25.6. The summed E-state index contributed by atoms with van der Waals surface area (Å²) in [7, 11) is 0. The Hall–Kier alpha value is -3.01. The summed E-state index contributed by atoms with van der Waals surface area (Å²) in [5.74, 6) is -2.35. The van der Waals surface area contributed by atoms with Crippen LogP contribution in [0.25, 0.3) is 10.4 Å². The van der Waals surface area contributed by atoms with Crippen LogP contribution in [0, 0.1) is 5.41 Å². The SMILES string of the molecule is [N-]=[N+]=NC[C@H]1O[C@@H](OC(=N)C(Cl)(Cl)Cl)C(OC(=O)c2ccccc2)[C@@H]1OC(=O)c1ccccc1. The summed E-state index contributed by atoms with van der Waals surface area (Å²) < 4.78 is 19.9. The molecule has 2 aromatic carbocycles. The maximum atomic E-state index is 12.8. The van der Waals surface area contributed by atoms with Gasteiger partial charge in [-0.25, -0.2) is 9.59 Å². The predicted octanol–water partition coefficient (Wildman–Crippen LogP) is 4.84. The molecule has 0 aliphatic carbocycles. The molecule has 1 heterocycles. The van der Waals surface area contributed by atoms with Crippen molar-refractivity contribution < 1.29 is 28.5 Å². The Morgan fingerprint density at radius 3 is 1.91 bits per heavy atom. The Morgan fingerprint density at radius 1 is 0.941 bits per heavy atom. The van der Waals surface area contributed by atoms with Gasteiger partial charge in [-0.3, -0.25) is 5.41 Å². The summed E-state index contributed by atoms with van der Waals surface area (Å²) in [6.07, 6.45) is -5.28. The van der Waals surface area contributed by atoms with Crippen molar-refractivity contribution in [2.24, 2.45) is 5.11 Å². The Balaban J connectivity index is 1.92. The van der Waals surface area contributed by atoms with Gasteiger partial charge in [0, 0.05) is 4.91 Å². The van der Waals surface area contributed by atoms with E-state index in [-0.39, 0.29) is 17.7 Å². The zero-order valence-electron chi connectivity index (χ0n) is 17.2. The molecule has 3 rings (SSSR count). The quantitative estimate of drug-likeness (QED) is 0.104. The van der Waals surface area contributed by atoms with Crippen LogP contribution in [0.1, 0.15) is 20.7 Å². The van der Waals surface area contributed by atoms with Crippen LogP contribution in [0.3, 0.4) is 0 Å².